The van der Waals surface area contributed by atoms with Gasteiger partial charge in [-0.3, -0.25) is 4.79 Å². The number of halogens is 1. The first-order chi connectivity index (χ1) is 6.18. The highest BCUT2D eigenvalue weighted by Crippen LogP contribution is 2.31. The smallest absolute Gasteiger partial charge is 0.264 e. The molecule has 1 aliphatic heterocycles. The molecule has 1 amide bonds. The number of ether oxygens (including phenoxy) is 1. The first kappa shape index (κ1) is 8.31. The SMILES string of the molecule is CN1C(=O)COc2cc(Cl)ncc21. The van der Waals surface area contributed by atoms with Gasteiger partial charge in [-0.05, 0) is 0 Å². The maximum atomic E-state index is 11.2. The standard InChI is InChI=1S/C8H7ClN2O2/c1-11-5-3-10-7(9)2-6(5)13-4-8(11)12/h2-3H,4H2,1H3. The molecular weight excluding hydrogens is 192 g/mol. The van der Waals surface area contributed by atoms with E-state index in [4.69, 9.17) is 16.3 Å². The van der Waals surface area contributed by atoms with Gasteiger partial charge >= 0.3 is 0 Å². The zero-order valence-electron chi connectivity index (χ0n) is 6.95. The second-order valence-corrected chi connectivity index (χ2v) is 3.10. The van der Waals surface area contributed by atoms with Gasteiger partial charge in [-0.15, -0.1) is 0 Å². The van der Waals surface area contributed by atoms with Crippen molar-refractivity contribution in [3.8, 4) is 5.75 Å². The van der Waals surface area contributed by atoms with Crippen LogP contribution in [0, 0.1) is 0 Å². The molecule has 2 heterocycles. The van der Waals surface area contributed by atoms with Gasteiger partial charge < -0.3 is 9.64 Å². The van der Waals surface area contributed by atoms with E-state index in [0.717, 1.165) is 0 Å². The number of fused-ring (bicyclic) bond motifs is 1. The predicted molar refractivity (Wildman–Crippen MR) is 48.2 cm³/mol. The Bertz CT molecular complexity index is 367. The highest BCUT2D eigenvalue weighted by atomic mass is 35.5. The fraction of sp³-hybridized carbons (Fsp3) is 0.250. The summed E-state index contributed by atoms with van der Waals surface area (Å²) in [6.45, 7) is 0.0594. The number of rotatable bonds is 0. The maximum absolute atomic E-state index is 11.2. The lowest BCUT2D eigenvalue weighted by atomic mass is 10.3. The summed E-state index contributed by atoms with van der Waals surface area (Å²) in [7, 11) is 1.68. The summed E-state index contributed by atoms with van der Waals surface area (Å²) in [6.07, 6.45) is 1.52. The van der Waals surface area contributed by atoms with E-state index in [0.29, 0.717) is 16.6 Å². The number of hydrogen-bond acceptors (Lipinski definition) is 3. The zero-order valence-corrected chi connectivity index (χ0v) is 7.71. The van der Waals surface area contributed by atoms with Crippen molar-refractivity contribution in [3.05, 3.63) is 17.4 Å². The van der Waals surface area contributed by atoms with Crippen molar-refractivity contribution in [2.45, 2.75) is 0 Å². The Morgan fingerprint density at radius 3 is 3.23 bits per heavy atom. The Hall–Kier alpha value is -1.29. The summed E-state index contributed by atoms with van der Waals surface area (Å²) in [5, 5.41) is 0.362. The summed E-state index contributed by atoms with van der Waals surface area (Å²) in [5.74, 6) is 0.513. The van der Waals surface area contributed by atoms with Gasteiger partial charge in [0, 0.05) is 13.1 Å². The van der Waals surface area contributed by atoms with Crippen LogP contribution in [-0.2, 0) is 4.79 Å². The Labute approximate surface area is 80.1 Å². The lowest BCUT2D eigenvalue weighted by Crippen LogP contribution is -2.35. The average molecular weight is 199 g/mol. The van der Waals surface area contributed by atoms with Crippen LogP contribution in [-0.4, -0.2) is 24.5 Å². The maximum Gasteiger partial charge on any atom is 0.264 e. The van der Waals surface area contributed by atoms with E-state index in [1.54, 1.807) is 13.1 Å². The fourth-order valence-corrected chi connectivity index (χ4v) is 1.29. The number of anilines is 1. The van der Waals surface area contributed by atoms with Gasteiger partial charge in [-0.2, -0.15) is 0 Å². The van der Waals surface area contributed by atoms with E-state index < -0.39 is 0 Å². The molecular formula is C8H7ClN2O2. The second kappa shape index (κ2) is 2.88. The molecule has 68 valence electrons. The highest BCUT2D eigenvalue weighted by Gasteiger charge is 2.22. The van der Waals surface area contributed by atoms with Crippen molar-refractivity contribution in [3.63, 3.8) is 0 Å². The minimum atomic E-state index is -0.0865. The molecule has 0 radical (unpaired) electrons. The third-order valence-corrected chi connectivity index (χ3v) is 2.11. The molecule has 0 saturated heterocycles. The highest BCUT2D eigenvalue weighted by molar-refractivity contribution is 6.29. The lowest BCUT2D eigenvalue weighted by molar-refractivity contribution is -0.120. The first-order valence-corrected chi connectivity index (χ1v) is 4.11. The Morgan fingerprint density at radius 2 is 2.46 bits per heavy atom. The van der Waals surface area contributed by atoms with Crippen LogP contribution >= 0.6 is 11.6 Å². The van der Waals surface area contributed by atoms with Gasteiger partial charge in [-0.25, -0.2) is 4.98 Å². The van der Waals surface area contributed by atoms with E-state index in [1.165, 1.54) is 11.1 Å². The van der Waals surface area contributed by atoms with Crippen LogP contribution in [0.3, 0.4) is 0 Å². The van der Waals surface area contributed by atoms with Crippen molar-refractivity contribution < 1.29 is 9.53 Å². The van der Waals surface area contributed by atoms with Gasteiger partial charge in [0.25, 0.3) is 5.91 Å². The van der Waals surface area contributed by atoms with Crippen LogP contribution in [0.1, 0.15) is 0 Å². The van der Waals surface area contributed by atoms with Crippen LogP contribution in [0.4, 0.5) is 5.69 Å². The van der Waals surface area contributed by atoms with Gasteiger partial charge in [0.05, 0.1) is 6.20 Å². The molecule has 0 saturated carbocycles. The van der Waals surface area contributed by atoms with E-state index in [2.05, 4.69) is 4.98 Å². The summed E-state index contributed by atoms with van der Waals surface area (Å²) >= 11 is 5.67. The lowest BCUT2D eigenvalue weighted by Gasteiger charge is -2.25. The molecule has 0 aromatic carbocycles. The Morgan fingerprint density at radius 1 is 1.69 bits per heavy atom. The second-order valence-electron chi connectivity index (χ2n) is 2.72. The molecule has 13 heavy (non-hydrogen) atoms. The number of aromatic nitrogens is 1. The number of nitrogens with zero attached hydrogens (tertiary/aromatic N) is 2. The summed E-state index contributed by atoms with van der Waals surface area (Å²) < 4.78 is 5.17. The van der Waals surface area contributed by atoms with Crippen molar-refractivity contribution in [2.24, 2.45) is 0 Å². The van der Waals surface area contributed by atoms with Gasteiger partial charge in [-0.1, -0.05) is 11.6 Å². The Kier molecular flexibility index (Phi) is 1.84. The molecule has 0 spiro atoms. The van der Waals surface area contributed by atoms with Crippen LogP contribution in [0.15, 0.2) is 12.3 Å². The third kappa shape index (κ3) is 1.33. The molecule has 1 aromatic heterocycles. The zero-order chi connectivity index (χ0) is 9.42. The monoisotopic (exact) mass is 198 g/mol. The molecule has 0 fully saturated rings. The normalized spacial score (nSPS) is 15.2. The van der Waals surface area contributed by atoms with E-state index >= 15 is 0 Å². The molecule has 0 bridgehead atoms. The number of carbonyl (C=O) groups excluding carboxylic acids is 1. The first-order valence-electron chi connectivity index (χ1n) is 3.73. The third-order valence-electron chi connectivity index (χ3n) is 1.90. The number of hydrogen-bond donors (Lipinski definition) is 0. The molecule has 5 heteroatoms. The molecule has 1 aromatic rings. The van der Waals surface area contributed by atoms with Crippen molar-refractivity contribution in [1.82, 2.24) is 4.98 Å². The summed E-state index contributed by atoms with van der Waals surface area (Å²) in [4.78, 5) is 16.6. The van der Waals surface area contributed by atoms with Crippen molar-refractivity contribution >= 4 is 23.2 Å². The van der Waals surface area contributed by atoms with Gasteiger partial charge in [0.1, 0.15) is 16.6 Å². The number of carbonyl (C=O) groups is 1. The minimum absolute atomic E-state index is 0.0594. The number of likely N-dealkylation sites (N-methyl/N-ethyl adjacent to an activating group) is 1. The summed E-state index contributed by atoms with van der Waals surface area (Å²) in [6, 6.07) is 1.60. The van der Waals surface area contributed by atoms with E-state index in [9.17, 15) is 4.79 Å². The molecule has 4 nitrogen and oxygen atoms in total. The van der Waals surface area contributed by atoms with Gasteiger partial charge in [0.2, 0.25) is 0 Å². The summed E-state index contributed by atoms with van der Waals surface area (Å²) in [5.41, 5.74) is 0.653. The quantitative estimate of drug-likeness (QED) is 0.586. The molecule has 0 N–H and O–H groups in total. The number of amides is 1. The van der Waals surface area contributed by atoms with Gasteiger partial charge in [0.15, 0.2) is 6.61 Å². The molecule has 0 atom stereocenters. The fourth-order valence-electron chi connectivity index (χ4n) is 1.14. The molecule has 1 aliphatic rings. The van der Waals surface area contributed by atoms with Crippen molar-refractivity contribution in [1.29, 1.82) is 0 Å². The molecule has 0 aliphatic carbocycles. The Balaban J connectivity index is 2.49. The van der Waals surface area contributed by atoms with E-state index in [-0.39, 0.29) is 12.5 Å². The minimum Gasteiger partial charge on any atom is -0.481 e. The predicted octanol–water partition coefficient (Wildman–Crippen LogP) is 1.09. The molecule has 2 rings (SSSR count). The van der Waals surface area contributed by atoms with Crippen LogP contribution in [0.2, 0.25) is 5.15 Å². The van der Waals surface area contributed by atoms with Crippen LogP contribution in [0.5, 0.6) is 5.75 Å². The largest absolute Gasteiger partial charge is 0.481 e. The van der Waals surface area contributed by atoms with Crippen LogP contribution < -0.4 is 9.64 Å². The molecule has 0 unspecified atom stereocenters. The van der Waals surface area contributed by atoms with Crippen LogP contribution in [0.25, 0.3) is 0 Å². The van der Waals surface area contributed by atoms with E-state index in [1.807, 2.05) is 0 Å². The topological polar surface area (TPSA) is 42.4 Å². The number of pyridine rings is 1. The van der Waals surface area contributed by atoms with Crippen molar-refractivity contribution in [2.75, 3.05) is 18.6 Å². The average Bonchev–Trinajstić information content (AvgIpc) is 2.12.